The monoisotopic (exact) mass is 239 g/mol. The highest BCUT2D eigenvalue weighted by molar-refractivity contribution is 5.30. The second kappa shape index (κ2) is 5.47. The van der Waals surface area contributed by atoms with Gasteiger partial charge in [0, 0.05) is 18.6 Å². The fraction of sp³-hybridized carbons (Fsp3) is 0.538. The van der Waals surface area contributed by atoms with Crippen molar-refractivity contribution >= 4 is 0 Å². The van der Waals surface area contributed by atoms with E-state index in [1.54, 1.807) is 25.1 Å². The Bertz CT molecular complexity index is 378. The minimum atomic E-state index is -0.303. The summed E-state index contributed by atoms with van der Waals surface area (Å²) in [7, 11) is 0. The first kappa shape index (κ1) is 12.3. The smallest absolute Gasteiger partial charge is 0.167 e. The largest absolute Gasteiger partial charge is 0.489 e. The van der Waals surface area contributed by atoms with Gasteiger partial charge in [0.1, 0.15) is 6.61 Å². The van der Waals surface area contributed by atoms with Crippen LogP contribution in [0.25, 0.3) is 0 Å². The summed E-state index contributed by atoms with van der Waals surface area (Å²) in [5.74, 6) is 0.296. The number of hydrogen-bond donors (Lipinski definition) is 1. The topological polar surface area (TPSA) is 44.5 Å². The summed E-state index contributed by atoms with van der Waals surface area (Å²) in [6.07, 6.45) is 0.959. The molecular weight excluding hydrogens is 221 g/mol. The van der Waals surface area contributed by atoms with E-state index in [1.165, 1.54) is 0 Å². The predicted molar refractivity (Wildman–Crippen MR) is 63.5 cm³/mol. The van der Waals surface area contributed by atoms with Crippen LogP contribution in [0.1, 0.15) is 12.0 Å². The van der Waals surface area contributed by atoms with Crippen molar-refractivity contribution < 1.29 is 13.9 Å². The zero-order valence-corrected chi connectivity index (χ0v) is 9.99. The fourth-order valence-corrected chi connectivity index (χ4v) is 1.94. The molecule has 0 spiro atoms. The molecule has 1 heterocycles. The van der Waals surface area contributed by atoms with Crippen LogP contribution in [-0.4, -0.2) is 25.9 Å². The van der Waals surface area contributed by atoms with Gasteiger partial charge in [0.25, 0.3) is 0 Å². The summed E-state index contributed by atoms with van der Waals surface area (Å²) in [4.78, 5) is 0. The summed E-state index contributed by atoms with van der Waals surface area (Å²) >= 11 is 0. The molecule has 2 unspecified atom stereocenters. The molecule has 0 saturated carbocycles. The van der Waals surface area contributed by atoms with Crippen molar-refractivity contribution in [1.29, 1.82) is 0 Å². The predicted octanol–water partition coefficient (Wildman–Crippen LogP) is 1.88. The number of halogens is 1. The third kappa shape index (κ3) is 2.96. The van der Waals surface area contributed by atoms with Gasteiger partial charge >= 0.3 is 0 Å². The Hall–Kier alpha value is -1.13. The molecule has 0 bridgehead atoms. The Morgan fingerprint density at radius 1 is 1.59 bits per heavy atom. The van der Waals surface area contributed by atoms with E-state index in [9.17, 15) is 4.39 Å². The first-order valence-electron chi connectivity index (χ1n) is 5.89. The zero-order chi connectivity index (χ0) is 12.3. The van der Waals surface area contributed by atoms with E-state index in [0.29, 0.717) is 24.7 Å². The number of benzene rings is 1. The Kier molecular flexibility index (Phi) is 3.97. The van der Waals surface area contributed by atoms with E-state index in [4.69, 9.17) is 15.2 Å². The fourth-order valence-electron chi connectivity index (χ4n) is 1.94. The first-order chi connectivity index (χ1) is 8.18. The maximum atomic E-state index is 13.6. The van der Waals surface area contributed by atoms with E-state index in [2.05, 4.69) is 0 Å². The SMILES string of the molecule is Cc1cccc(OCC(N)C2CCOC2)c1F. The first-order valence-corrected chi connectivity index (χ1v) is 5.89. The van der Waals surface area contributed by atoms with Crippen molar-refractivity contribution in [1.82, 2.24) is 0 Å². The summed E-state index contributed by atoms with van der Waals surface area (Å²) in [5.41, 5.74) is 6.57. The number of nitrogens with two attached hydrogens (primary N) is 1. The second-order valence-corrected chi connectivity index (χ2v) is 4.49. The van der Waals surface area contributed by atoms with Gasteiger partial charge in [-0.2, -0.15) is 0 Å². The lowest BCUT2D eigenvalue weighted by Gasteiger charge is -2.18. The lowest BCUT2D eigenvalue weighted by atomic mass is 10.0. The van der Waals surface area contributed by atoms with E-state index >= 15 is 0 Å². The molecule has 1 saturated heterocycles. The van der Waals surface area contributed by atoms with Gasteiger partial charge in [-0.15, -0.1) is 0 Å². The third-order valence-electron chi connectivity index (χ3n) is 3.16. The molecule has 4 heteroatoms. The summed E-state index contributed by atoms with van der Waals surface area (Å²) in [5, 5.41) is 0. The highest BCUT2D eigenvalue weighted by Gasteiger charge is 2.23. The van der Waals surface area contributed by atoms with Crippen LogP contribution in [0.4, 0.5) is 4.39 Å². The van der Waals surface area contributed by atoms with Crippen LogP contribution in [0.5, 0.6) is 5.75 Å². The molecule has 1 aliphatic rings. The van der Waals surface area contributed by atoms with Gasteiger partial charge in [-0.1, -0.05) is 12.1 Å². The minimum Gasteiger partial charge on any atom is -0.489 e. The quantitative estimate of drug-likeness (QED) is 0.872. The van der Waals surface area contributed by atoms with Crippen LogP contribution in [0.15, 0.2) is 18.2 Å². The summed E-state index contributed by atoms with van der Waals surface area (Å²) < 4.78 is 24.3. The van der Waals surface area contributed by atoms with Crippen LogP contribution >= 0.6 is 0 Å². The molecule has 3 nitrogen and oxygen atoms in total. The maximum absolute atomic E-state index is 13.6. The van der Waals surface area contributed by atoms with Crippen molar-refractivity contribution in [2.45, 2.75) is 19.4 Å². The van der Waals surface area contributed by atoms with Crippen LogP contribution < -0.4 is 10.5 Å². The minimum absolute atomic E-state index is 0.0996. The van der Waals surface area contributed by atoms with Gasteiger partial charge < -0.3 is 15.2 Å². The molecule has 1 aromatic rings. The standard InChI is InChI=1S/C13H18FNO2/c1-9-3-2-4-12(13(9)14)17-8-11(15)10-5-6-16-7-10/h2-4,10-11H,5-8,15H2,1H3. The van der Waals surface area contributed by atoms with Crippen molar-refractivity contribution in [2.75, 3.05) is 19.8 Å². The Morgan fingerprint density at radius 2 is 2.41 bits per heavy atom. The average molecular weight is 239 g/mol. The van der Waals surface area contributed by atoms with E-state index in [-0.39, 0.29) is 17.6 Å². The third-order valence-corrected chi connectivity index (χ3v) is 3.16. The Balaban J connectivity index is 1.90. The average Bonchev–Trinajstić information content (AvgIpc) is 2.84. The molecule has 0 aliphatic carbocycles. The maximum Gasteiger partial charge on any atom is 0.167 e. The molecule has 1 aromatic carbocycles. The lowest BCUT2D eigenvalue weighted by Crippen LogP contribution is -2.36. The molecule has 0 aromatic heterocycles. The Labute approximate surface area is 101 Å². The van der Waals surface area contributed by atoms with Crippen molar-refractivity contribution in [3.8, 4) is 5.75 Å². The molecule has 1 fully saturated rings. The zero-order valence-electron chi connectivity index (χ0n) is 9.99. The molecule has 2 atom stereocenters. The number of rotatable bonds is 4. The van der Waals surface area contributed by atoms with Gasteiger partial charge in [0.2, 0.25) is 0 Å². The van der Waals surface area contributed by atoms with Gasteiger partial charge in [0.15, 0.2) is 11.6 Å². The summed E-state index contributed by atoms with van der Waals surface area (Å²) in [6.45, 7) is 3.49. The van der Waals surface area contributed by atoms with Gasteiger partial charge in [-0.25, -0.2) is 4.39 Å². The second-order valence-electron chi connectivity index (χ2n) is 4.49. The van der Waals surface area contributed by atoms with Crippen LogP contribution in [0.3, 0.4) is 0 Å². The molecule has 0 radical (unpaired) electrons. The normalized spacial score (nSPS) is 21.5. The van der Waals surface area contributed by atoms with E-state index < -0.39 is 0 Å². The van der Waals surface area contributed by atoms with E-state index in [1.807, 2.05) is 0 Å². The van der Waals surface area contributed by atoms with Crippen LogP contribution in [0, 0.1) is 18.7 Å². The molecule has 17 heavy (non-hydrogen) atoms. The van der Waals surface area contributed by atoms with Crippen molar-refractivity contribution in [3.05, 3.63) is 29.6 Å². The Morgan fingerprint density at radius 3 is 3.12 bits per heavy atom. The molecule has 2 N–H and O–H groups in total. The van der Waals surface area contributed by atoms with Crippen LogP contribution in [0.2, 0.25) is 0 Å². The van der Waals surface area contributed by atoms with Gasteiger partial charge in [-0.05, 0) is 25.0 Å². The molecule has 0 amide bonds. The number of aryl methyl sites for hydroxylation is 1. The number of ether oxygens (including phenoxy) is 2. The molecule has 94 valence electrons. The highest BCUT2D eigenvalue weighted by atomic mass is 19.1. The highest BCUT2D eigenvalue weighted by Crippen LogP contribution is 2.21. The van der Waals surface area contributed by atoms with Gasteiger partial charge in [0.05, 0.1) is 6.61 Å². The molecular formula is C13H18FNO2. The van der Waals surface area contributed by atoms with Crippen molar-refractivity contribution in [3.63, 3.8) is 0 Å². The number of hydrogen-bond acceptors (Lipinski definition) is 3. The summed E-state index contributed by atoms with van der Waals surface area (Å²) in [6, 6.07) is 5.02. The van der Waals surface area contributed by atoms with Crippen LogP contribution in [-0.2, 0) is 4.74 Å². The molecule has 2 rings (SSSR count). The van der Waals surface area contributed by atoms with E-state index in [0.717, 1.165) is 13.0 Å². The van der Waals surface area contributed by atoms with Gasteiger partial charge in [-0.3, -0.25) is 0 Å². The lowest BCUT2D eigenvalue weighted by molar-refractivity contribution is 0.169. The molecule has 1 aliphatic heterocycles. The van der Waals surface area contributed by atoms with Crippen molar-refractivity contribution in [2.24, 2.45) is 11.7 Å².